The van der Waals surface area contributed by atoms with E-state index < -0.39 is 97.5 Å². The first-order valence-corrected chi connectivity index (χ1v) is 44.5. The highest BCUT2D eigenvalue weighted by atomic mass is 31.2. The van der Waals surface area contributed by atoms with Crippen LogP contribution in [0.3, 0.4) is 0 Å². The molecule has 99 heavy (non-hydrogen) atoms. The van der Waals surface area contributed by atoms with Crippen molar-refractivity contribution in [3.8, 4) is 0 Å². The molecule has 0 aromatic heterocycles. The second-order valence-corrected chi connectivity index (χ2v) is 32.7. The lowest BCUT2D eigenvalue weighted by Gasteiger charge is -2.21. The Morgan fingerprint density at radius 2 is 0.465 bits per heavy atom. The van der Waals surface area contributed by atoms with Crippen molar-refractivity contribution < 1.29 is 80.2 Å². The van der Waals surface area contributed by atoms with Crippen molar-refractivity contribution in [1.29, 1.82) is 0 Å². The van der Waals surface area contributed by atoms with Gasteiger partial charge in [-0.05, 0) is 37.5 Å². The number of unbranched alkanes of at least 4 members (excludes halogenated alkanes) is 49. The number of carbonyl (C=O) groups is 4. The Bertz CT molecular complexity index is 1910. The van der Waals surface area contributed by atoms with E-state index in [1.54, 1.807) is 0 Å². The quantitative estimate of drug-likeness (QED) is 0.0222. The predicted molar refractivity (Wildman–Crippen MR) is 405 cm³/mol. The molecule has 19 heteroatoms. The van der Waals surface area contributed by atoms with Crippen molar-refractivity contribution in [3.05, 3.63) is 0 Å². The summed E-state index contributed by atoms with van der Waals surface area (Å²) >= 11 is 0. The van der Waals surface area contributed by atoms with E-state index in [2.05, 4.69) is 41.5 Å². The first-order chi connectivity index (χ1) is 47.9. The molecule has 2 unspecified atom stereocenters. The molecular weight excluding hydrogens is 1290 g/mol. The van der Waals surface area contributed by atoms with E-state index in [1.165, 1.54) is 231 Å². The lowest BCUT2D eigenvalue weighted by molar-refractivity contribution is -0.161. The number of hydrogen-bond donors (Lipinski definition) is 3. The van der Waals surface area contributed by atoms with Crippen molar-refractivity contribution in [3.63, 3.8) is 0 Å². The third-order valence-electron chi connectivity index (χ3n) is 18.7. The molecule has 0 radical (unpaired) electrons. The fraction of sp³-hybridized carbons (Fsp3) is 0.950. The molecule has 0 aromatic rings. The van der Waals surface area contributed by atoms with Gasteiger partial charge >= 0.3 is 39.5 Å². The monoisotopic (exact) mass is 1450 g/mol. The molecule has 588 valence electrons. The van der Waals surface area contributed by atoms with Crippen LogP contribution < -0.4 is 0 Å². The molecule has 0 heterocycles. The summed E-state index contributed by atoms with van der Waals surface area (Å²) in [6, 6.07) is 0. The number of phosphoric acid groups is 2. The van der Waals surface area contributed by atoms with E-state index in [0.29, 0.717) is 31.6 Å². The average molecular weight is 1450 g/mol. The van der Waals surface area contributed by atoms with Crippen LogP contribution in [-0.4, -0.2) is 96.7 Å². The maximum atomic E-state index is 13.1. The lowest BCUT2D eigenvalue weighted by Crippen LogP contribution is -2.30. The SMILES string of the molecule is CCCCCCCCCCCCCCCCCCCCCCCCC(=O)O[C@H](COC(=O)CCCCCCCCCCCCCCCCC)COP(=O)(O)OC[C@@H](O)COP(=O)(O)OC[C@@H](COC(=O)CCCCCCCCCC(C)C)OC(=O)CCCCCCCCCCCC(C)C. The number of esters is 4. The topological polar surface area (TPSA) is 237 Å². The maximum absolute atomic E-state index is 13.1. The Morgan fingerprint density at radius 3 is 0.687 bits per heavy atom. The molecule has 0 fully saturated rings. The van der Waals surface area contributed by atoms with Gasteiger partial charge in [-0.15, -0.1) is 0 Å². The summed E-state index contributed by atoms with van der Waals surface area (Å²) in [4.78, 5) is 72.9. The fourth-order valence-corrected chi connectivity index (χ4v) is 13.9. The average Bonchev–Trinajstić information content (AvgIpc) is 0.982. The summed E-state index contributed by atoms with van der Waals surface area (Å²) in [5, 5.41) is 10.6. The number of phosphoric ester groups is 2. The van der Waals surface area contributed by atoms with Crippen LogP contribution in [0.5, 0.6) is 0 Å². The van der Waals surface area contributed by atoms with Crippen molar-refractivity contribution in [2.75, 3.05) is 39.6 Å². The van der Waals surface area contributed by atoms with Gasteiger partial charge in [0.15, 0.2) is 12.2 Å². The zero-order valence-corrected chi connectivity index (χ0v) is 66.6. The molecule has 17 nitrogen and oxygen atoms in total. The van der Waals surface area contributed by atoms with Crippen LogP contribution in [0.4, 0.5) is 0 Å². The number of carbonyl (C=O) groups excluding carboxylic acids is 4. The van der Waals surface area contributed by atoms with Gasteiger partial charge in [0.2, 0.25) is 0 Å². The highest BCUT2D eigenvalue weighted by Crippen LogP contribution is 2.45. The summed E-state index contributed by atoms with van der Waals surface area (Å²) in [6.07, 6.45) is 61.3. The van der Waals surface area contributed by atoms with Crippen LogP contribution in [0.1, 0.15) is 420 Å². The first-order valence-electron chi connectivity index (χ1n) is 41.5. The highest BCUT2D eigenvalue weighted by Gasteiger charge is 2.30. The molecule has 0 rings (SSSR count). The molecule has 0 amide bonds. The van der Waals surface area contributed by atoms with E-state index in [0.717, 1.165) is 102 Å². The minimum Gasteiger partial charge on any atom is -0.462 e. The number of aliphatic hydroxyl groups excluding tert-OH is 1. The summed E-state index contributed by atoms with van der Waals surface area (Å²) in [7, 11) is -9.92. The third kappa shape index (κ3) is 74.1. The standard InChI is InChI=1S/C80H156O17P2/c1-7-9-11-13-15-17-19-21-23-24-25-26-27-28-29-31-33-35-39-45-52-58-64-79(84)96-75(68-90-77(82)62-56-50-44-38-34-32-30-22-20-18-16-14-12-10-8-2)70-94-98(86,87)92-66-74(81)67-93-99(88,89)95-71-76(69-91-78(83)63-57-51-47-41-43-49-55-61-73(5)6)97-80(85)65-59-53-46-40-36-37-42-48-54-60-72(3)4/h72-76,81H,7-71H2,1-6H3,(H,86,87)(H,88,89)/t74-,75-,76-/m1/s1. The summed E-state index contributed by atoms with van der Waals surface area (Å²) < 4.78 is 68.6. The van der Waals surface area contributed by atoms with E-state index in [4.69, 9.17) is 37.0 Å². The van der Waals surface area contributed by atoms with Crippen LogP contribution in [-0.2, 0) is 65.4 Å². The number of hydrogen-bond acceptors (Lipinski definition) is 15. The van der Waals surface area contributed by atoms with Gasteiger partial charge < -0.3 is 33.8 Å². The predicted octanol–water partition coefficient (Wildman–Crippen LogP) is 23.9. The Labute approximate surface area is 607 Å². The Kier molecular flexibility index (Phi) is 70.3. The third-order valence-corrected chi connectivity index (χ3v) is 20.6. The largest absolute Gasteiger partial charge is 0.472 e. The van der Waals surface area contributed by atoms with Crippen LogP contribution in [0.25, 0.3) is 0 Å². The van der Waals surface area contributed by atoms with Crippen molar-refractivity contribution in [2.45, 2.75) is 439 Å². The van der Waals surface area contributed by atoms with Gasteiger partial charge in [0.25, 0.3) is 0 Å². The second-order valence-electron chi connectivity index (χ2n) is 29.8. The van der Waals surface area contributed by atoms with Crippen molar-refractivity contribution >= 4 is 39.5 Å². The van der Waals surface area contributed by atoms with Crippen LogP contribution >= 0.6 is 15.6 Å². The molecule has 0 saturated carbocycles. The highest BCUT2D eigenvalue weighted by molar-refractivity contribution is 7.47. The normalized spacial score (nSPS) is 13.9. The lowest BCUT2D eigenvalue weighted by atomic mass is 10.0. The van der Waals surface area contributed by atoms with Crippen molar-refractivity contribution in [1.82, 2.24) is 0 Å². The maximum Gasteiger partial charge on any atom is 0.472 e. The van der Waals surface area contributed by atoms with Gasteiger partial charge in [-0.25, -0.2) is 9.13 Å². The Hall–Kier alpha value is -1.94. The van der Waals surface area contributed by atoms with E-state index in [1.807, 2.05) is 0 Å². The van der Waals surface area contributed by atoms with Gasteiger partial charge in [0.1, 0.15) is 19.3 Å². The molecule has 0 aliphatic carbocycles. The van der Waals surface area contributed by atoms with E-state index in [-0.39, 0.29) is 25.7 Å². The van der Waals surface area contributed by atoms with Gasteiger partial charge in [0.05, 0.1) is 26.4 Å². The van der Waals surface area contributed by atoms with E-state index in [9.17, 15) is 43.2 Å². The summed E-state index contributed by atoms with van der Waals surface area (Å²) in [5.74, 6) is -0.672. The minimum atomic E-state index is -4.96. The summed E-state index contributed by atoms with van der Waals surface area (Å²) in [6.45, 7) is 9.54. The molecule has 0 aromatic carbocycles. The first kappa shape index (κ1) is 97.1. The van der Waals surface area contributed by atoms with Gasteiger partial charge in [-0.3, -0.25) is 37.3 Å². The fourth-order valence-electron chi connectivity index (χ4n) is 12.4. The van der Waals surface area contributed by atoms with E-state index >= 15 is 0 Å². The molecule has 3 N–H and O–H groups in total. The van der Waals surface area contributed by atoms with Gasteiger partial charge in [0, 0.05) is 25.7 Å². The molecular formula is C80H156O17P2. The zero-order valence-electron chi connectivity index (χ0n) is 64.8. The molecule has 5 atom stereocenters. The van der Waals surface area contributed by atoms with Crippen LogP contribution in [0.15, 0.2) is 0 Å². The number of ether oxygens (including phenoxy) is 4. The van der Waals surface area contributed by atoms with Gasteiger partial charge in [-0.2, -0.15) is 0 Å². The second kappa shape index (κ2) is 71.7. The zero-order chi connectivity index (χ0) is 72.8. The summed E-state index contributed by atoms with van der Waals surface area (Å²) in [5.41, 5.74) is 0. The smallest absolute Gasteiger partial charge is 0.462 e. The van der Waals surface area contributed by atoms with Crippen LogP contribution in [0, 0.1) is 11.8 Å². The molecule has 0 saturated heterocycles. The number of aliphatic hydroxyl groups is 1. The van der Waals surface area contributed by atoms with Crippen molar-refractivity contribution in [2.24, 2.45) is 11.8 Å². The molecule has 0 bridgehead atoms. The minimum absolute atomic E-state index is 0.105. The Morgan fingerprint density at radius 1 is 0.273 bits per heavy atom. The molecule has 0 spiro atoms. The number of rotatable bonds is 79. The molecule has 0 aliphatic rings. The Balaban J connectivity index is 5.20. The molecule has 0 aliphatic heterocycles. The van der Waals surface area contributed by atoms with Gasteiger partial charge in [-0.1, -0.05) is 369 Å². The van der Waals surface area contributed by atoms with Crippen LogP contribution in [0.2, 0.25) is 0 Å².